The molecule has 1 aromatic heterocycles. The van der Waals surface area contributed by atoms with Gasteiger partial charge in [-0.1, -0.05) is 30.3 Å². The maximum atomic E-state index is 12.1. The van der Waals surface area contributed by atoms with Gasteiger partial charge in [-0.3, -0.25) is 0 Å². The summed E-state index contributed by atoms with van der Waals surface area (Å²) in [6, 6.07) is 15.0. The summed E-state index contributed by atoms with van der Waals surface area (Å²) in [5.74, 6) is -0.171. The molecule has 0 spiro atoms. The Bertz CT molecular complexity index is 908. The van der Waals surface area contributed by atoms with Crippen molar-refractivity contribution in [2.45, 2.75) is 12.9 Å². The van der Waals surface area contributed by atoms with Gasteiger partial charge >= 0.3 is 6.36 Å². The van der Waals surface area contributed by atoms with Crippen molar-refractivity contribution >= 4 is 23.0 Å². The molecule has 0 aliphatic rings. The van der Waals surface area contributed by atoms with Gasteiger partial charge in [0.15, 0.2) is 5.96 Å². The first kappa shape index (κ1) is 18.7. The zero-order valence-electron chi connectivity index (χ0n) is 13.9. The molecule has 0 atom stereocenters. The molecular formula is C18H15F3N4OS. The SMILES string of the molecule is NC(=NCc1nc(-c2ccccc2)cs1)Nc1ccc(OC(F)(F)F)cc1. The molecule has 3 rings (SSSR count). The Kier molecular flexibility index (Phi) is 5.60. The van der Waals surface area contributed by atoms with Crippen LogP contribution in [0.15, 0.2) is 65.0 Å². The quantitative estimate of drug-likeness (QED) is 0.490. The summed E-state index contributed by atoms with van der Waals surface area (Å²) in [5, 5.41) is 5.55. The third-order valence-corrected chi connectivity index (χ3v) is 4.20. The number of rotatable bonds is 5. The standard InChI is InChI=1S/C18H15F3N4OS/c19-18(20,21)26-14-8-6-13(7-9-14)24-17(22)23-10-16-25-15(11-27-16)12-4-2-1-3-5-12/h1-9,11H,10H2,(H3,22,23,24). The van der Waals surface area contributed by atoms with Crippen LogP contribution in [0.25, 0.3) is 11.3 Å². The van der Waals surface area contributed by atoms with Gasteiger partial charge in [-0.25, -0.2) is 9.98 Å². The van der Waals surface area contributed by atoms with E-state index in [0.717, 1.165) is 16.3 Å². The second-order valence-corrected chi connectivity index (χ2v) is 6.33. The predicted molar refractivity (Wildman–Crippen MR) is 99.6 cm³/mol. The first-order chi connectivity index (χ1) is 12.9. The Morgan fingerprint density at radius 2 is 1.81 bits per heavy atom. The van der Waals surface area contributed by atoms with Crippen molar-refractivity contribution in [2.75, 3.05) is 5.32 Å². The smallest absolute Gasteiger partial charge is 0.406 e. The number of hydrogen-bond acceptors (Lipinski definition) is 4. The average Bonchev–Trinajstić information content (AvgIpc) is 3.10. The van der Waals surface area contributed by atoms with Gasteiger partial charge in [-0.2, -0.15) is 0 Å². The van der Waals surface area contributed by atoms with Gasteiger partial charge in [-0.05, 0) is 24.3 Å². The maximum absolute atomic E-state index is 12.1. The van der Waals surface area contributed by atoms with Crippen LogP contribution < -0.4 is 15.8 Å². The van der Waals surface area contributed by atoms with Crippen LogP contribution in [0.4, 0.5) is 18.9 Å². The number of hydrogen-bond donors (Lipinski definition) is 2. The number of halogens is 3. The number of ether oxygens (including phenoxy) is 1. The van der Waals surface area contributed by atoms with E-state index in [9.17, 15) is 13.2 Å². The molecule has 140 valence electrons. The maximum Gasteiger partial charge on any atom is 0.573 e. The van der Waals surface area contributed by atoms with Crippen molar-refractivity contribution in [2.24, 2.45) is 10.7 Å². The molecule has 2 aromatic carbocycles. The summed E-state index contributed by atoms with van der Waals surface area (Å²) in [4.78, 5) is 8.71. The monoisotopic (exact) mass is 392 g/mol. The molecule has 3 N–H and O–H groups in total. The molecule has 3 aromatic rings. The first-order valence-electron chi connectivity index (χ1n) is 7.82. The molecule has 0 amide bonds. The van der Waals surface area contributed by atoms with E-state index in [4.69, 9.17) is 5.73 Å². The van der Waals surface area contributed by atoms with Gasteiger partial charge in [-0.15, -0.1) is 24.5 Å². The molecule has 0 aliphatic carbocycles. The highest BCUT2D eigenvalue weighted by Crippen LogP contribution is 2.24. The number of aromatic nitrogens is 1. The second kappa shape index (κ2) is 8.09. The van der Waals surface area contributed by atoms with E-state index in [0.29, 0.717) is 12.2 Å². The summed E-state index contributed by atoms with van der Waals surface area (Å²) >= 11 is 1.48. The van der Waals surface area contributed by atoms with Crippen LogP contribution in [0.5, 0.6) is 5.75 Å². The molecule has 27 heavy (non-hydrogen) atoms. The van der Waals surface area contributed by atoms with E-state index in [2.05, 4.69) is 20.0 Å². The van der Waals surface area contributed by atoms with Crippen LogP contribution in [0.1, 0.15) is 5.01 Å². The number of alkyl halides is 3. The fourth-order valence-corrected chi connectivity index (χ4v) is 2.93. The number of aliphatic imine (C=N–C) groups is 1. The van der Waals surface area contributed by atoms with E-state index in [1.807, 2.05) is 35.7 Å². The first-order valence-corrected chi connectivity index (χ1v) is 8.69. The van der Waals surface area contributed by atoms with E-state index < -0.39 is 6.36 Å². The highest BCUT2D eigenvalue weighted by molar-refractivity contribution is 7.09. The minimum Gasteiger partial charge on any atom is -0.406 e. The number of nitrogens with one attached hydrogen (secondary N) is 1. The Labute approximate surface area is 157 Å². The molecule has 0 saturated heterocycles. The third-order valence-electron chi connectivity index (χ3n) is 3.37. The molecule has 0 fully saturated rings. The van der Waals surface area contributed by atoms with E-state index in [-0.39, 0.29) is 11.7 Å². The van der Waals surface area contributed by atoms with Gasteiger partial charge in [0.05, 0.1) is 12.2 Å². The lowest BCUT2D eigenvalue weighted by Crippen LogP contribution is -2.22. The number of thiazole rings is 1. The largest absolute Gasteiger partial charge is 0.573 e. The van der Waals surface area contributed by atoms with Crippen LogP contribution in [0.2, 0.25) is 0 Å². The summed E-state index contributed by atoms with van der Waals surface area (Å²) in [6.07, 6.45) is -4.72. The van der Waals surface area contributed by atoms with Gasteiger partial charge in [0, 0.05) is 16.6 Å². The minimum absolute atomic E-state index is 0.135. The molecule has 5 nitrogen and oxygen atoms in total. The predicted octanol–water partition coefficient (Wildman–Crippen LogP) is 4.64. The highest BCUT2D eigenvalue weighted by Gasteiger charge is 2.30. The van der Waals surface area contributed by atoms with Gasteiger partial charge in [0.1, 0.15) is 10.8 Å². The zero-order valence-corrected chi connectivity index (χ0v) is 14.7. The van der Waals surface area contributed by atoms with Gasteiger partial charge in [0.25, 0.3) is 0 Å². The van der Waals surface area contributed by atoms with E-state index >= 15 is 0 Å². The topological polar surface area (TPSA) is 72.5 Å². The van der Waals surface area contributed by atoms with Crippen LogP contribution in [0, 0.1) is 0 Å². The van der Waals surface area contributed by atoms with Gasteiger partial charge in [0.2, 0.25) is 0 Å². The zero-order chi connectivity index (χ0) is 19.3. The van der Waals surface area contributed by atoms with E-state index in [1.54, 1.807) is 0 Å². The minimum atomic E-state index is -4.72. The fraction of sp³-hybridized carbons (Fsp3) is 0.111. The van der Waals surface area contributed by atoms with Crippen LogP contribution >= 0.6 is 11.3 Å². The fourth-order valence-electron chi connectivity index (χ4n) is 2.21. The lowest BCUT2D eigenvalue weighted by molar-refractivity contribution is -0.274. The lowest BCUT2D eigenvalue weighted by atomic mass is 10.2. The summed E-state index contributed by atoms with van der Waals surface area (Å²) in [7, 11) is 0. The third kappa shape index (κ3) is 5.71. The van der Waals surface area contributed by atoms with Crippen molar-refractivity contribution in [3.8, 4) is 17.0 Å². The summed E-state index contributed by atoms with van der Waals surface area (Å²) in [5.41, 5.74) is 8.21. The number of benzene rings is 2. The van der Waals surface area contributed by atoms with Crippen LogP contribution in [-0.2, 0) is 6.54 Å². The molecular weight excluding hydrogens is 377 g/mol. The van der Waals surface area contributed by atoms with Crippen molar-refractivity contribution in [3.05, 3.63) is 65.0 Å². The number of nitrogens with zero attached hydrogens (tertiary/aromatic N) is 2. The molecule has 0 saturated carbocycles. The number of anilines is 1. The van der Waals surface area contributed by atoms with Crippen LogP contribution in [0.3, 0.4) is 0 Å². The van der Waals surface area contributed by atoms with E-state index in [1.165, 1.54) is 35.6 Å². The van der Waals surface area contributed by atoms with Crippen LogP contribution in [-0.4, -0.2) is 17.3 Å². The molecule has 1 heterocycles. The molecule has 9 heteroatoms. The summed E-state index contributed by atoms with van der Waals surface area (Å²) in [6.45, 7) is 0.297. The Morgan fingerprint density at radius 1 is 1.11 bits per heavy atom. The molecule has 0 bridgehead atoms. The van der Waals surface area contributed by atoms with Crippen molar-refractivity contribution < 1.29 is 17.9 Å². The van der Waals surface area contributed by atoms with Gasteiger partial charge < -0.3 is 15.8 Å². The lowest BCUT2D eigenvalue weighted by Gasteiger charge is -2.10. The Balaban J connectivity index is 1.58. The molecule has 0 unspecified atom stereocenters. The Hall–Kier alpha value is -3.07. The normalized spacial score (nSPS) is 12.0. The Morgan fingerprint density at radius 3 is 2.48 bits per heavy atom. The highest BCUT2D eigenvalue weighted by atomic mass is 32.1. The summed E-state index contributed by atoms with van der Waals surface area (Å²) < 4.78 is 40.2. The van der Waals surface area contributed by atoms with Crippen molar-refractivity contribution in [1.29, 1.82) is 0 Å². The number of nitrogens with two attached hydrogens (primary N) is 1. The molecule has 0 radical (unpaired) electrons. The van der Waals surface area contributed by atoms with Crippen molar-refractivity contribution in [3.63, 3.8) is 0 Å². The average molecular weight is 392 g/mol. The second-order valence-electron chi connectivity index (χ2n) is 5.39. The van der Waals surface area contributed by atoms with Crippen molar-refractivity contribution in [1.82, 2.24) is 4.98 Å². The number of guanidine groups is 1. The molecule has 0 aliphatic heterocycles.